The van der Waals surface area contributed by atoms with Crippen molar-refractivity contribution in [2.75, 3.05) is 20.1 Å². The third-order valence-corrected chi connectivity index (χ3v) is 7.36. The highest BCUT2D eigenvalue weighted by atomic mass is 32.1. The molecule has 4 heterocycles. The van der Waals surface area contributed by atoms with Gasteiger partial charge < -0.3 is 9.88 Å². The van der Waals surface area contributed by atoms with Gasteiger partial charge in [0.1, 0.15) is 10.5 Å². The summed E-state index contributed by atoms with van der Waals surface area (Å²) in [5, 5.41) is 7.37. The summed E-state index contributed by atoms with van der Waals surface area (Å²) in [6.07, 6.45) is 6.99. The van der Waals surface area contributed by atoms with Crippen molar-refractivity contribution in [3.8, 4) is 10.4 Å². The third-order valence-electron chi connectivity index (χ3n) is 6.11. The second-order valence-electron chi connectivity index (χ2n) is 7.97. The van der Waals surface area contributed by atoms with E-state index in [0.29, 0.717) is 0 Å². The van der Waals surface area contributed by atoms with Crippen LogP contribution in [-0.4, -0.2) is 45.2 Å². The molecule has 3 aromatic heterocycles. The second-order valence-corrected chi connectivity index (χ2v) is 8.99. The smallest absolute Gasteiger partial charge is 0.268 e. The Bertz CT molecular complexity index is 1040. The first-order valence-corrected chi connectivity index (χ1v) is 10.1. The van der Waals surface area contributed by atoms with Crippen molar-refractivity contribution < 1.29 is 0 Å². The molecular weight excluding hydrogens is 346 g/mol. The van der Waals surface area contributed by atoms with Gasteiger partial charge in [-0.1, -0.05) is 6.92 Å². The van der Waals surface area contributed by atoms with E-state index in [4.69, 9.17) is 4.98 Å². The van der Waals surface area contributed by atoms with Gasteiger partial charge in [-0.25, -0.2) is 4.98 Å². The van der Waals surface area contributed by atoms with Crippen LogP contribution in [0.1, 0.15) is 43.3 Å². The standard InChI is InChI=1S/C19H23N5OS/c1-19(6-8-24(2)9-7-19)18-21-14-11-4-3-5-13-12(10-20-23-13)15(11)26-16(14)17(25)22-18/h10H,3-9H2,1-2H3,(H,20,23)(H,21,22,25). The Morgan fingerprint density at radius 2 is 2.08 bits per heavy atom. The molecule has 1 saturated heterocycles. The van der Waals surface area contributed by atoms with Crippen LogP contribution in [0.25, 0.3) is 20.7 Å². The summed E-state index contributed by atoms with van der Waals surface area (Å²) >= 11 is 1.57. The number of rotatable bonds is 1. The molecule has 136 valence electrons. The van der Waals surface area contributed by atoms with Gasteiger partial charge in [0, 0.05) is 22.1 Å². The molecule has 0 radical (unpaired) electrons. The summed E-state index contributed by atoms with van der Waals surface area (Å²) in [5.41, 5.74) is 4.35. The number of piperidine rings is 1. The fraction of sp³-hybridized carbons (Fsp3) is 0.526. The molecule has 6 nitrogen and oxygen atoms in total. The van der Waals surface area contributed by atoms with Crippen molar-refractivity contribution in [2.45, 2.75) is 44.4 Å². The maximum atomic E-state index is 12.9. The van der Waals surface area contributed by atoms with Crippen LogP contribution in [0.3, 0.4) is 0 Å². The van der Waals surface area contributed by atoms with Gasteiger partial charge in [0.05, 0.1) is 11.2 Å². The highest BCUT2D eigenvalue weighted by Crippen LogP contribution is 2.41. The molecule has 2 aliphatic rings. The zero-order chi connectivity index (χ0) is 17.9. The maximum absolute atomic E-state index is 12.9. The topological polar surface area (TPSA) is 77.7 Å². The Kier molecular flexibility index (Phi) is 3.59. The van der Waals surface area contributed by atoms with Crippen LogP contribution in [0, 0.1) is 0 Å². The molecule has 0 atom stereocenters. The summed E-state index contributed by atoms with van der Waals surface area (Å²) in [5.74, 6) is 0.861. The maximum Gasteiger partial charge on any atom is 0.268 e. The Balaban J connectivity index is 1.69. The van der Waals surface area contributed by atoms with E-state index in [9.17, 15) is 4.79 Å². The van der Waals surface area contributed by atoms with E-state index in [2.05, 4.69) is 34.1 Å². The van der Waals surface area contributed by atoms with Gasteiger partial charge in [-0.05, 0) is 57.8 Å². The van der Waals surface area contributed by atoms with Crippen LogP contribution < -0.4 is 5.56 Å². The molecule has 1 fully saturated rings. The molecule has 0 aromatic carbocycles. The number of likely N-dealkylation sites (tertiary alicyclic amines) is 1. The summed E-state index contributed by atoms with van der Waals surface area (Å²) in [6.45, 7) is 4.32. The number of nitrogens with one attached hydrogen (secondary N) is 2. The van der Waals surface area contributed by atoms with Gasteiger partial charge in [0.2, 0.25) is 0 Å². The molecule has 0 bridgehead atoms. The van der Waals surface area contributed by atoms with E-state index in [1.807, 2.05) is 6.20 Å². The Hall–Kier alpha value is -1.99. The van der Waals surface area contributed by atoms with E-state index >= 15 is 0 Å². The lowest BCUT2D eigenvalue weighted by Crippen LogP contribution is -2.40. The first kappa shape index (κ1) is 16.2. The number of thiophene rings is 1. The van der Waals surface area contributed by atoms with E-state index < -0.39 is 0 Å². The number of fused-ring (bicyclic) bond motifs is 5. The van der Waals surface area contributed by atoms with Gasteiger partial charge in [-0.3, -0.25) is 9.89 Å². The molecule has 0 spiro atoms. The molecule has 1 aliphatic carbocycles. The molecule has 0 amide bonds. The first-order valence-electron chi connectivity index (χ1n) is 9.33. The van der Waals surface area contributed by atoms with Gasteiger partial charge in [0.15, 0.2) is 0 Å². The van der Waals surface area contributed by atoms with Crippen LogP contribution >= 0.6 is 11.3 Å². The summed E-state index contributed by atoms with van der Waals surface area (Å²) in [4.78, 5) is 24.6. The monoisotopic (exact) mass is 369 g/mol. The van der Waals surface area contributed by atoms with E-state index in [-0.39, 0.29) is 11.0 Å². The normalized spacial score (nSPS) is 19.9. The van der Waals surface area contributed by atoms with Crippen LogP contribution in [-0.2, 0) is 18.3 Å². The van der Waals surface area contributed by atoms with Gasteiger partial charge in [0.25, 0.3) is 5.56 Å². The second kappa shape index (κ2) is 5.76. The number of aromatic nitrogens is 4. The van der Waals surface area contributed by atoms with Crippen molar-refractivity contribution >= 4 is 21.6 Å². The van der Waals surface area contributed by atoms with Crippen molar-refractivity contribution in [3.63, 3.8) is 0 Å². The first-order chi connectivity index (χ1) is 12.5. The van der Waals surface area contributed by atoms with Crippen molar-refractivity contribution in [3.05, 3.63) is 33.6 Å². The van der Waals surface area contributed by atoms with Crippen molar-refractivity contribution in [1.29, 1.82) is 0 Å². The van der Waals surface area contributed by atoms with Crippen LogP contribution in [0.2, 0.25) is 0 Å². The molecule has 0 unspecified atom stereocenters. The minimum Gasteiger partial charge on any atom is -0.309 e. The van der Waals surface area contributed by atoms with Crippen molar-refractivity contribution in [1.82, 2.24) is 25.1 Å². The van der Waals surface area contributed by atoms with Crippen LogP contribution in [0.15, 0.2) is 11.0 Å². The number of H-pyrrole nitrogens is 2. The summed E-state index contributed by atoms with van der Waals surface area (Å²) < 4.78 is 0.754. The van der Waals surface area contributed by atoms with Crippen LogP contribution in [0.5, 0.6) is 0 Å². The number of hydrogen-bond donors (Lipinski definition) is 2. The number of aromatic amines is 2. The highest BCUT2D eigenvalue weighted by molar-refractivity contribution is 7.22. The fourth-order valence-electron chi connectivity index (χ4n) is 4.26. The molecule has 3 aromatic rings. The minimum absolute atomic E-state index is 0.00766. The Morgan fingerprint density at radius 3 is 2.88 bits per heavy atom. The molecule has 2 N–H and O–H groups in total. The largest absolute Gasteiger partial charge is 0.309 e. The quantitative estimate of drug-likeness (QED) is 0.691. The summed E-state index contributed by atoms with van der Waals surface area (Å²) in [6, 6.07) is 0. The third kappa shape index (κ3) is 2.37. The molecule has 0 saturated carbocycles. The fourth-order valence-corrected chi connectivity index (χ4v) is 5.48. The molecule has 1 aliphatic heterocycles. The Labute approximate surface area is 155 Å². The van der Waals surface area contributed by atoms with Gasteiger partial charge in [-0.2, -0.15) is 5.10 Å². The highest BCUT2D eigenvalue weighted by Gasteiger charge is 2.34. The average Bonchev–Trinajstić information content (AvgIpc) is 3.19. The SMILES string of the molecule is CN1CCC(C)(c2nc3c4c(sc3c(=O)[nH]2)-c2c[nH]nc2CCC4)CC1. The zero-order valence-corrected chi connectivity index (χ0v) is 16.0. The lowest BCUT2D eigenvalue weighted by atomic mass is 9.79. The van der Waals surface area contributed by atoms with Gasteiger partial charge >= 0.3 is 0 Å². The predicted molar refractivity (Wildman–Crippen MR) is 104 cm³/mol. The molecule has 7 heteroatoms. The molecular formula is C19H23N5OS. The average molecular weight is 369 g/mol. The van der Waals surface area contributed by atoms with E-state index in [1.54, 1.807) is 11.3 Å². The molecule has 5 rings (SSSR count). The molecule has 26 heavy (non-hydrogen) atoms. The lowest BCUT2D eigenvalue weighted by Gasteiger charge is -2.36. The predicted octanol–water partition coefficient (Wildman–Crippen LogP) is 2.85. The number of aryl methyl sites for hydroxylation is 2. The van der Waals surface area contributed by atoms with Crippen LogP contribution in [0.4, 0.5) is 0 Å². The zero-order valence-electron chi connectivity index (χ0n) is 15.2. The van der Waals surface area contributed by atoms with E-state index in [1.165, 1.54) is 10.4 Å². The number of nitrogens with zero attached hydrogens (tertiary/aromatic N) is 3. The lowest BCUT2D eigenvalue weighted by molar-refractivity contribution is 0.193. The Morgan fingerprint density at radius 1 is 1.27 bits per heavy atom. The van der Waals surface area contributed by atoms with Crippen molar-refractivity contribution in [2.24, 2.45) is 0 Å². The van der Waals surface area contributed by atoms with Gasteiger partial charge in [-0.15, -0.1) is 11.3 Å². The summed E-state index contributed by atoms with van der Waals surface area (Å²) in [7, 11) is 2.15. The number of hydrogen-bond acceptors (Lipinski definition) is 5. The van der Waals surface area contributed by atoms with E-state index in [0.717, 1.165) is 72.5 Å². The minimum atomic E-state index is -0.0553.